The Bertz CT molecular complexity index is 597. The Hall–Kier alpha value is -2.37. The van der Waals surface area contributed by atoms with Crippen molar-refractivity contribution < 1.29 is 14.1 Å². The van der Waals surface area contributed by atoms with Crippen molar-refractivity contribution in [1.82, 2.24) is 15.0 Å². The van der Waals surface area contributed by atoms with Crippen LogP contribution in [0.15, 0.2) is 35.2 Å². The minimum absolute atomic E-state index is 0.0153. The molecule has 6 nitrogen and oxygen atoms in total. The van der Waals surface area contributed by atoms with Gasteiger partial charge in [-0.1, -0.05) is 5.16 Å². The number of hydrogen-bond acceptors (Lipinski definition) is 5. The minimum Gasteiger partial charge on any atom is -0.488 e. The first-order valence-corrected chi connectivity index (χ1v) is 6.51. The molecule has 0 aromatic carbocycles. The molecule has 1 fully saturated rings. The van der Waals surface area contributed by atoms with E-state index in [-0.39, 0.29) is 12.0 Å². The second kappa shape index (κ2) is 5.32. The first kappa shape index (κ1) is 12.7. The summed E-state index contributed by atoms with van der Waals surface area (Å²) in [6, 6.07) is 3.63. The highest BCUT2D eigenvalue weighted by atomic mass is 16.5. The standard InChI is InChI=1S/C14H15N3O3/c1-10-13(8-16-20-10)14(18)17-7-4-12(9-17)19-11-2-5-15-6-3-11/h2-3,5-6,8,12H,4,7,9H2,1H3/t12-/m1/s1. The molecule has 0 N–H and O–H groups in total. The molecule has 6 heteroatoms. The lowest BCUT2D eigenvalue weighted by Crippen LogP contribution is -2.31. The van der Waals surface area contributed by atoms with Gasteiger partial charge in [-0.3, -0.25) is 9.78 Å². The Labute approximate surface area is 116 Å². The Morgan fingerprint density at radius 1 is 1.45 bits per heavy atom. The van der Waals surface area contributed by atoms with Crippen LogP contribution in [-0.4, -0.2) is 40.1 Å². The van der Waals surface area contributed by atoms with Crippen LogP contribution in [0.2, 0.25) is 0 Å². The molecule has 104 valence electrons. The SMILES string of the molecule is Cc1oncc1C(=O)N1CC[C@@H](Oc2ccncc2)C1. The van der Waals surface area contributed by atoms with Crippen LogP contribution in [0.25, 0.3) is 0 Å². The van der Waals surface area contributed by atoms with Gasteiger partial charge in [0.05, 0.1) is 12.7 Å². The molecule has 1 aliphatic heterocycles. The molecule has 20 heavy (non-hydrogen) atoms. The van der Waals surface area contributed by atoms with Crippen LogP contribution >= 0.6 is 0 Å². The molecule has 1 saturated heterocycles. The zero-order valence-corrected chi connectivity index (χ0v) is 11.2. The summed E-state index contributed by atoms with van der Waals surface area (Å²) in [6.45, 7) is 2.99. The summed E-state index contributed by atoms with van der Waals surface area (Å²) in [6.07, 6.45) is 5.68. The van der Waals surface area contributed by atoms with Crippen molar-refractivity contribution in [3.63, 3.8) is 0 Å². The number of pyridine rings is 1. The third kappa shape index (κ3) is 2.49. The fourth-order valence-corrected chi connectivity index (χ4v) is 2.29. The van der Waals surface area contributed by atoms with Crippen LogP contribution in [0.4, 0.5) is 0 Å². The average molecular weight is 273 g/mol. The van der Waals surface area contributed by atoms with Crippen LogP contribution in [-0.2, 0) is 0 Å². The van der Waals surface area contributed by atoms with E-state index in [9.17, 15) is 4.79 Å². The van der Waals surface area contributed by atoms with Crippen molar-refractivity contribution in [3.05, 3.63) is 42.0 Å². The quantitative estimate of drug-likeness (QED) is 0.851. The third-order valence-electron chi connectivity index (χ3n) is 3.37. The van der Waals surface area contributed by atoms with Crippen molar-refractivity contribution in [2.24, 2.45) is 0 Å². The van der Waals surface area contributed by atoms with E-state index in [4.69, 9.17) is 9.26 Å². The van der Waals surface area contributed by atoms with Gasteiger partial charge in [0.1, 0.15) is 23.2 Å². The monoisotopic (exact) mass is 273 g/mol. The molecule has 1 amide bonds. The van der Waals surface area contributed by atoms with Crippen LogP contribution in [0, 0.1) is 6.92 Å². The van der Waals surface area contributed by atoms with Gasteiger partial charge < -0.3 is 14.2 Å². The molecule has 2 aromatic heterocycles. The highest BCUT2D eigenvalue weighted by Crippen LogP contribution is 2.20. The van der Waals surface area contributed by atoms with Gasteiger partial charge in [-0.2, -0.15) is 0 Å². The summed E-state index contributed by atoms with van der Waals surface area (Å²) in [4.78, 5) is 18.0. The number of carbonyl (C=O) groups excluding carboxylic acids is 1. The lowest BCUT2D eigenvalue weighted by Gasteiger charge is -2.16. The largest absolute Gasteiger partial charge is 0.488 e. The van der Waals surface area contributed by atoms with Crippen LogP contribution in [0.5, 0.6) is 5.75 Å². The van der Waals surface area contributed by atoms with E-state index in [0.29, 0.717) is 24.4 Å². The number of hydrogen-bond donors (Lipinski definition) is 0. The summed E-state index contributed by atoms with van der Waals surface area (Å²) < 4.78 is 10.8. The number of amides is 1. The van der Waals surface area contributed by atoms with Gasteiger partial charge in [0.2, 0.25) is 0 Å². The lowest BCUT2D eigenvalue weighted by atomic mass is 10.2. The smallest absolute Gasteiger partial charge is 0.259 e. The molecule has 0 aliphatic carbocycles. The molecule has 1 atom stereocenters. The average Bonchev–Trinajstić information content (AvgIpc) is 3.08. The number of aromatic nitrogens is 2. The molecule has 0 unspecified atom stereocenters. The van der Waals surface area contributed by atoms with Gasteiger partial charge in [0, 0.05) is 25.4 Å². The van der Waals surface area contributed by atoms with Crippen molar-refractivity contribution in [2.45, 2.75) is 19.4 Å². The summed E-state index contributed by atoms with van der Waals surface area (Å²) in [5.41, 5.74) is 0.523. The van der Waals surface area contributed by atoms with Crippen LogP contribution < -0.4 is 4.74 Å². The number of nitrogens with zero attached hydrogens (tertiary/aromatic N) is 3. The first-order chi connectivity index (χ1) is 9.74. The van der Waals surface area contributed by atoms with Crippen LogP contribution in [0.1, 0.15) is 22.5 Å². The number of rotatable bonds is 3. The number of ether oxygens (including phenoxy) is 1. The number of likely N-dealkylation sites (tertiary alicyclic amines) is 1. The molecule has 2 aromatic rings. The van der Waals surface area contributed by atoms with Crippen molar-refractivity contribution in [1.29, 1.82) is 0 Å². The van der Waals surface area contributed by atoms with E-state index in [2.05, 4.69) is 10.1 Å². The topological polar surface area (TPSA) is 68.5 Å². The third-order valence-corrected chi connectivity index (χ3v) is 3.37. The molecule has 3 rings (SSSR count). The van der Waals surface area contributed by atoms with Crippen molar-refractivity contribution >= 4 is 5.91 Å². The molecule has 3 heterocycles. The molecular weight excluding hydrogens is 258 g/mol. The Morgan fingerprint density at radius 2 is 2.25 bits per heavy atom. The highest BCUT2D eigenvalue weighted by molar-refractivity contribution is 5.94. The van der Waals surface area contributed by atoms with E-state index in [1.165, 1.54) is 6.20 Å². The van der Waals surface area contributed by atoms with Gasteiger partial charge >= 0.3 is 0 Å². The summed E-state index contributed by atoms with van der Waals surface area (Å²) >= 11 is 0. The zero-order chi connectivity index (χ0) is 13.9. The van der Waals surface area contributed by atoms with E-state index in [1.54, 1.807) is 24.2 Å². The predicted octanol–water partition coefficient (Wildman–Crippen LogP) is 1.67. The Morgan fingerprint density at radius 3 is 2.95 bits per heavy atom. The molecule has 0 radical (unpaired) electrons. The maximum atomic E-state index is 12.3. The molecular formula is C14H15N3O3. The fourth-order valence-electron chi connectivity index (χ4n) is 2.29. The van der Waals surface area contributed by atoms with E-state index in [1.807, 2.05) is 12.1 Å². The van der Waals surface area contributed by atoms with E-state index < -0.39 is 0 Å². The van der Waals surface area contributed by atoms with Gasteiger partial charge in [-0.25, -0.2) is 0 Å². The fraction of sp³-hybridized carbons (Fsp3) is 0.357. The Balaban J connectivity index is 1.62. The van der Waals surface area contributed by atoms with Gasteiger partial charge in [-0.05, 0) is 19.1 Å². The summed E-state index contributed by atoms with van der Waals surface area (Å²) in [7, 11) is 0. The molecule has 0 bridgehead atoms. The predicted molar refractivity (Wildman–Crippen MR) is 70.4 cm³/mol. The number of aryl methyl sites for hydroxylation is 1. The zero-order valence-electron chi connectivity index (χ0n) is 11.2. The summed E-state index contributed by atoms with van der Waals surface area (Å²) in [5.74, 6) is 1.28. The van der Waals surface area contributed by atoms with Gasteiger partial charge in [-0.15, -0.1) is 0 Å². The lowest BCUT2D eigenvalue weighted by molar-refractivity contribution is 0.0770. The second-order valence-electron chi connectivity index (χ2n) is 4.76. The van der Waals surface area contributed by atoms with Crippen LogP contribution in [0.3, 0.4) is 0 Å². The maximum absolute atomic E-state index is 12.3. The van der Waals surface area contributed by atoms with Gasteiger partial charge in [0.25, 0.3) is 5.91 Å². The Kier molecular flexibility index (Phi) is 3.37. The van der Waals surface area contributed by atoms with E-state index >= 15 is 0 Å². The van der Waals surface area contributed by atoms with Crippen molar-refractivity contribution in [3.8, 4) is 5.75 Å². The van der Waals surface area contributed by atoms with E-state index in [0.717, 1.165) is 12.2 Å². The maximum Gasteiger partial charge on any atom is 0.259 e. The molecule has 1 aliphatic rings. The van der Waals surface area contributed by atoms with Crippen molar-refractivity contribution in [2.75, 3.05) is 13.1 Å². The summed E-state index contributed by atoms with van der Waals surface area (Å²) in [5, 5.41) is 3.64. The second-order valence-corrected chi connectivity index (χ2v) is 4.76. The normalized spacial score (nSPS) is 18.2. The minimum atomic E-state index is -0.0513. The highest BCUT2D eigenvalue weighted by Gasteiger charge is 2.29. The van der Waals surface area contributed by atoms with Gasteiger partial charge in [0.15, 0.2) is 0 Å². The molecule has 0 saturated carbocycles. The molecule has 0 spiro atoms. The first-order valence-electron chi connectivity index (χ1n) is 6.51. The number of carbonyl (C=O) groups is 1.